The van der Waals surface area contributed by atoms with Crippen LogP contribution >= 0.6 is 0 Å². The van der Waals surface area contributed by atoms with Gasteiger partial charge in [0.05, 0.1) is 6.61 Å². The molecule has 0 saturated carbocycles. The minimum atomic E-state index is -0.829. The Labute approximate surface area is 158 Å². The molecule has 1 aliphatic heterocycles. The second-order valence-electron chi connectivity index (χ2n) is 6.69. The van der Waals surface area contributed by atoms with E-state index in [0.29, 0.717) is 24.4 Å². The van der Waals surface area contributed by atoms with Crippen LogP contribution in [0.5, 0.6) is 0 Å². The number of piperazine rings is 1. The number of carbonyl (C=O) groups is 2. The first-order valence-electron chi connectivity index (χ1n) is 8.85. The van der Waals surface area contributed by atoms with Gasteiger partial charge >= 0.3 is 0 Å². The molecule has 6 heteroatoms. The summed E-state index contributed by atoms with van der Waals surface area (Å²) in [4.78, 5) is 29.3. The predicted molar refractivity (Wildman–Crippen MR) is 101 cm³/mol. The highest BCUT2D eigenvalue weighted by Crippen LogP contribution is 2.35. The number of aryl methyl sites for hydroxylation is 1. The maximum absolute atomic E-state index is 13.4. The van der Waals surface area contributed by atoms with Crippen LogP contribution in [0.15, 0.2) is 42.5 Å². The summed E-state index contributed by atoms with van der Waals surface area (Å²) in [7, 11) is 1.55. The molecule has 1 atom stereocenters. The summed E-state index contributed by atoms with van der Waals surface area (Å²) in [5, 5.41) is 0. The van der Waals surface area contributed by atoms with E-state index in [9.17, 15) is 14.0 Å². The van der Waals surface area contributed by atoms with Gasteiger partial charge < -0.3 is 9.64 Å². The van der Waals surface area contributed by atoms with Gasteiger partial charge in [-0.3, -0.25) is 14.5 Å². The van der Waals surface area contributed by atoms with Crippen LogP contribution in [0.1, 0.15) is 22.7 Å². The summed E-state index contributed by atoms with van der Waals surface area (Å²) in [6.45, 7) is 4.57. The number of benzene rings is 2. The van der Waals surface area contributed by atoms with Crippen molar-refractivity contribution in [3.8, 4) is 0 Å². The Morgan fingerprint density at radius 3 is 2.48 bits per heavy atom. The molecule has 0 N–H and O–H groups in total. The summed E-state index contributed by atoms with van der Waals surface area (Å²) in [6.07, 6.45) is 0. The molecule has 27 heavy (non-hydrogen) atoms. The van der Waals surface area contributed by atoms with Crippen LogP contribution in [0.25, 0.3) is 0 Å². The first-order chi connectivity index (χ1) is 12.9. The lowest BCUT2D eigenvalue weighted by Gasteiger charge is -2.41. The number of hydrogen-bond acceptors (Lipinski definition) is 3. The molecular weight excluding hydrogens is 347 g/mol. The molecule has 142 valence electrons. The molecule has 0 aliphatic carbocycles. The quantitative estimate of drug-likeness (QED) is 0.813. The Morgan fingerprint density at radius 2 is 1.81 bits per heavy atom. The number of anilines is 1. The molecule has 0 aromatic heterocycles. The molecule has 0 radical (unpaired) electrons. The van der Waals surface area contributed by atoms with Gasteiger partial charge in [-0.15, -0.1) is 0 Å². The molecule has 1 fully saturated rings. The van der Waals surface area contributed by atoms with Crippen LogP contribution < -0.4 is 4.90 Å². The van der Waals surface area contributed by atoms with E-state index in [1.807, 2.05) is 32.0 Å². The zero-order valence-electron chi connectivity index (χ0n) is 15.7. The summed E-state index contributed by atoms with van der Waals surface area (Å²) in [5.74, 6) is -0.754. The number of ether oxygens (including phenoxy) is 1. The Kier molecular flexibility index (Phi) is 5.56. The molecule has 3 rings (SSSR count). The highest BCUT2D eigenvalue weighted by atomic mass is 19.1. The summed E-state index contributed by atoms with van der Waals surface area (Å²) >= 11 is 0. The normalized spacial score (nSPS) is 17.6. The number of methoxy groups -OCH3 is 1. The monoisotopic (exact) mass is 370 g/mol. The average molecular weight is 370 g/mol. The third-order valence-corrected chi connectivity index (χ3v) is 4.99. The van der Waals surface area contributed by atoms with Gasteiger partial charge in [-0.25, -0.2) is 4.39 Å². The highest BCUT2D eigenvalue weighted by molar-refractivity contribution is 6.07. The fraction of sp³-hybridized carbons (Fsp3) is 0.333. The topological polar surface area (TPSA) is 49.9 Å². The number of halogens is 1. The van der Waals surface area contributed by atoms with Crippen molar-refractivity contribution in [3.63, 3.8) is 0 Å². The van der Waals surface area contributed by atoms with Crippen LogP contribution in [0.3, 0.4) is 0 Å². The van der Waals surface area contributed by atoms with Gasteiger partial charge in [-0.05, 0) is 48.7 Å². The smallest absolute Gasteiger partial charge is 0.250 e. The Hall–Kier alpha value is -2.73. The molecule has 0 spiro atoms. The number of hydrogen-bond donors (Lipinski definition) is 0. The molecule has 5 nitrogen and oxygen atoms in total. The van der Waals surface area contributed by atoms with Gasteiger partial charge in [-0.2, -0.15) is 0 Å². The van der Waals surface area contributed by atoms with E-state index < -0.39 is 6.04 Å². The van der Waals surface area contributed by atoms with E-state index in [1.54, 1.807) is 24.1 Å². The molecule has 1 aliphatic rings. The van der Waals surface area contributed by atoms with E-state index in [0.717, 1.165) is 11.1 Å². The predicted octanol–water partition coefficient (Wildman–Crippen LogP) is 3.01. The van der Waals surface area contributed by atoms with Gasteiger partial charge in [0.1, 0.15) is 18.4 Å². The Balaban J connectivity index is 2.09. The van der Waals surface area contributed by atoms with Crippen molar-refractivity contribution >= 4 is 17.5 Å². The van der Waals surface area contributed by atoms with Gasteiger partial charge in [0, 0.05) is 19.3 Å². The van der Waals surface area contributed by atoms with E-state index >= 15 is 0 Å². The first kappa shape index (κ1) is 19.0. The lowest BCUT2D eigenvalue weighted by molar-refractivity contribution is -0.142. The second-order valence-corrected chi connectivity index (χ2v) is 6.69. The van der Waals surface area contributed by atoms with E-state index in [2.05, 4.69) is 0 Å². The maximum Gasteiger partial charge on any atom is 0.250 e. The summed E-state index contributed by atoms with van der Waals surface area (Å²) < 4.78 is 18.5. The van der Waals surface area contributed by atoms with Crippen LogP contribution in [0, 0.1) is 19.7 Å². The molecule has 1 saturated heterocycles. The Morgan fingerprint density at radius 1 is 1.11 bits per heavy atom. The van der Waals surface area contributed by atoms with Crippen LogP contribution in [0.4, 0.5) is 10.1 Å². The molecule has 2 aromatic carbocycles. The molecule has 0 bridgehead atoms. The van der Waals surface area contributed by atoms with Crippen LogP contribution in [-0.2, 0) is 14.3 Å². The molecule has 1 heterocycles. The van der Waals surface area contributed by atoms with Crippen molar-refractivity contribution in [3.05, 3.63) is 65.0 Å². The largest absolute Gasteiger partial charge is 0.383 e. The minimum Gasteiger partial charge on any atom is -0.383 e. The van der Waals surface area contributed by atoms with Crippen molar-refractivity contribution in [2.45, 2.75) is 19.9 Å². The van der Waals surface area contributed by atoms with Gasteiger partial charge in [0.2, 0.25) is 5.91 Å². The first-order valence-corrected chi connectivity index (χ1v) is 8.85. The average Bonchev–Trinajstić information content (AvgIpc) is 2.65. The standard InChI is InChI=1S/C21H23FN2O3/c1-14-5-4-6-18(15(14)2)24-19(25)13-23(11-12-27-3)21(26)20(24)16-7-9-17(22)10-8-16/h4-10,20H,11-13H2,1-3H3/t20-/m0/s1. The third kappa shape index (κ3) is 3.71. The van der Waals surface area contributed by atoms with Gasteiger partial charge in [0.25, 0.3) is 5.91 Å². The third-order valence-electron chi connectivity index (χ3n) is 4.99. The molecule has 2 amide bonds. The van der Waals surface area contributed by atoms with Crippen molar-refractivity contribution < 1.29 is 18.7 Å². The number of carbonyl (C=O) groups excluding carboxylic acids is 2. The van der Waals surface area contributed by atoms with Crippen LogP contribution in [-0.4, -0.2) is 43.5 Å². The maximum atomic E-state index is 13.4. The lowest BCUT2D eigenvalue weighted by Crippen LogP contribution is -2.56. The fourth-order valence-electron chi connectivity index (χ4n) is 3.34. The number of amides is 2. The van der Waals surface area contributed by atoms with Crippen molar-refractivity contribution in [1.29, 1.82) is 0 Å². The zero-order valence-corrected chi connectivity index (χ0v) is 15.7. The zero-order chi connectivity index (χ0) is 19.6. The van der Waals surface area contributed by atoms with E-state index in [1.165, 1.54) is 17.0 Å². The summed E-state index contributed by atoms with van der Waals surface area (Å²) in [6, 6.07) is 10.6. The lowest BCUT2D eigenvalue weighted by atomic mass is 9.98. The molecular formula is C21H23FN2O3. The number of rotatable bonds is 5. The van der Waals surface area contributed by atoms with Gasteiger partial charge in [-0.1, -0.05) is 24.3 Å². The minimum absolute atomic E-state index is 0.00668. The summed E-state index contributed by atoms with van der Waals surface area (Å²) in [5.41, 5.74) is 3.26. The van der Waals surface area contributed by atoms with Gasteiger partial charge in [0.15, 0.2) is 0 Å². The van der Waals surface area contributed by atoms with Crippen molar-refractivity contribution in [2.24, 2.45) is 0 Å². The molecule has 2 aromatic rings. The molecule has 0 unspecified atom stereocenters. The number of nitrogens with zero attached hydrogens (tertiary/aromatic N) is 2. The SMILES string of the molecule is COCCN1CC(=O)N(c2cccc(C)c2C)[C@@H](c2ccc(F)cc2)C1=O. The second kappa shape index (κ2) is 7.88. The highest BCUT2D eigenvalue weighted by Gasteiger charge is 2.41. The van der Waals surface area contributed by atoms with Crippen LogP contribution in [0.2, 0.25) is 0 Å². The van der Waals surface area contributed by atoms with E-state index in [4.69, 9.17) is 4.74 Å². The van der Waals surface area contributed by atoms with Crippen molar-refractivity contribution in [1.82, 2.24) is 4.90 Å². The van der Waals surface area contributed by atoms with Crippen molar-refractivity contribution in [2.75, 3.05) is 31.7 Å². The fourth-order valence-corrected chi connectivity index (χ4v) is 3.34. The van der Waals surface area contributed by atoms with E-state index in [-0.39, 0.29) is 24.2 Å². The Bertz CT molecular complexity index is 851.